The Morgan fingerprint density at radius 2 is 1.91 bits per heavy atom. The van der Waals surface area contributed by atoms with E-state index in [2.05, 4.69) is 28.2 Å². The molecule has 1 aliphatic rings. The molecule has 2 rings (SSSR count). The number of hydrogen-bond donors (Lipinski definition) is 1. The first-order valence-electron chi connectivity index (χ1n) is 8.20. The zero-order valence-corrected chi connectivity index (χ0v) is 15.3. The first-order chi connectivity index (χ1) is 11.0. The van der Waals surface area contributed by atoms with Crippen LogP contribution in [0, 0.1) is 5.92 Å². The van der Waals surface area contributed by atoms with Gasteiger partial charge in [-0.1, -0.05) is 47.8 Å². The number of esters is 1. The minimum absolute atomic E-state index is 0.171. The van der Waals surface area contributed by atoms with Crippen molar-refractivity contribution < 1.29 is 14.3 Å². The van der Waals surface area contributed by atoms with E-state index in [-0.39, 0.29) is 24.3 Å². The maximum atomic E-state index is 12.2. The highest BCUT2D eigenvalue weighted by Crippen LogP contribution is 2.23. The van der Waals surface area contributed by atoms with Crippen LogP contribution in [0.15, 0.2) is 28.7 Å². The van der Waals surface area contributed by atoms with Crippen LogP contribution in [-0.2, 0) is 20.7 Å². The number of benzene rings is 1. The number of amides is 1. The fourth-order valence-electron chi connectivity index (χ4n) is 2.89. The minimum atomic E-state index is -0.757. The second-order valence-electron chi connectivity index (χ2n) is 6.31. The normalized spacial score (nSPS) is 22.2. The topological polar surface area (TPSA) is 55.4 Å². The van der Waals surface area contributed by atoms with Gasteiger partial charge in [0, 0.05) is 10.5 Å². The molecule has 0 aliphatic heterocycles. The molecule has 1 fully saturated rings. The van der Waals surface area contributed by atoms with E-state index >= 15 is 0 Å². The SMILES string of the molecule is C[C@H](OC(=O)Cc1ccc(Br)cc1)C(=O)N[C@H]1CCCC[C@@H]1C. The summed E-state index contributed by atoms with van der Waals surface area (Å²) in [5.41, 5.74) is 0.867. The van der Waals surface area contributed by atoms with Gasteiger partial charge in [-0.2, -0.15) is 0 Å². The largest absolute Gasteiger partial charge is 0.452 e. The zero-order chi connectivity index (χ0) is 16.8. The van der Waals surface area contributed by atoms with Gasteiger partial charge in [0.05, 0.1) is 6.42 Å². The molecule has 0 radical (unpaired) electrons. The average molecular weight is 382 g/mol. The Hall–Kier alpha value is -1.36. The van der Waals surface area contributed by atoms with Crippen molar-refractivity contribution in [1.82, 2.24) is 5.32 Å². The molecular formula is C18H24BrNO3. The van der Waals surface area contributed by atoms with E-state index in [9.17, 15) is 9.59 Å². The highest BCUT2D eigenvalue weighted by Gasteiger charge is 2.26. The molecule has 0 spiro atoms. The van der Waals surface area contributed by atoms with Crippen LogP contribution in [0.2, 0.25) is 0 Å². The monoisotopic (exact) mass is 381 g/mol. The number of hydrogen-bond acceptors (Lipinski definition) is 3. The van der Waals surface area contributed by atoms with Crippen molar-refractivity contribution in [2.24, 2.45) is 5.92 Å². The van der Waals surface area contributed by atoms with Crippen molar-refractivity contribution in [1.29, 1.82) is 0 Å². The quantitative estimate of drug-likeness (QED) is 0.792. The Balaban J connectivity index is 1.80. The van der Waals surface area contributed by atoms with E-state index in [1.165, 1.54) is 6.42 Å². The summed E-state index contributed by atoms with van der Waals surface area (Å²) in [5.74, 6) is -0.0991. The number of halogens is 1. The molecular weight excluding hydrogens is 358 g/mol. The predicted molar refractivity (Wildman–Crippen MR) is 93.0 cm³/mol. The Bertz CT molecular complexity index is 544. The van der Waals surface area contributed by atoms with Gasteiger partial charge in [0.2, 0.25) is 0 Å². The van der Waals surface area contributed by atoms with Gasteiger partial charge in [-0.15, -0.1) is 0 Å². The number of rotatable bonds is 5. The highest BCUT2D eigenvalue weighted by atomic mass is 79.9. The van der Waals surface area contributed by atoms with Crippen LogP contribution in [0.3, 0.4) is 0 Å². The molecule has 1 saturated carbocycles. The lowest BCUT2D eigenvalue weighted by atomic mass is 9.86. The molecule has 0 aromatic heterocycles. The van der Waals surface area contributed by atoms with Crippen molar-refractivity contribution in [3.63, 3.8) is 0 Å². The number of carbonyl (C=O) groups is 2. The highest BCUT2D eigenvalue weighted by molar-refractivity contribution is 9.10. The molecule has 3 atom stereocenters. The summed E-state index contributed by atoms with van der Waals surface area (Å²) < 4.78 is 6.22. The Kier molecular flexibility index (Phi) is 6.63. The van der Waals surface area contributed by atoms with Crippen LogP contribution in [-0.4, -0.2) is 24.0 Å². The van der Waals surface area contributed by atoms with Gasteiger partial charge in [0.25, 0.3) is 5.91 Å². The Labute approximate surface area is 146 Å². The Morgan fingerprint density at radius 1 is 1.26 bits per heavy atom. The van der Waals surface area contributed by atoms with E-state index in [4.69, 9.17) is 4.74 Å². The fraction of sp³-hybridized carbons (Fsp3) is 0.556. The summed E-state index contributed by atoms with van der Waals surface area (Å²) in [4.78, 5) is 24.1. The molecule has 1 aliphatic carbocycles. The summed E-state index contributed by atoms with van der Waals surface area (Å²) in [6.45, 7) is 3.79. The van der Waals surface area contributed by atoms with Gasteiger partial charge < -0.3 is 10.1 Å². The molecule has 0 unspecified atom stereocenters. The summed E-state index contributed by atoms with van der Waals surface area (Å²) in [5, 5.41) is 3.02. The first-order valence-corrected chi connectivity index (χ1v) is 8.99. The van der Waals surface area contributed by atoms with Gasteiger partial charge in [-0.25, -0.2) is 0 Å². The predicted octanol–water partition coefficient (Wildman–Crippen LogP) is 3.62. The van der Waals surface area contributed by atoms with Crippen LogP contribution in [0.25, 0.3) is 0 Å². The van der Waals surface area contributed by atoms with Gasteiger partial charge in [0.15, 0.2) is 6.10 Å². The molecule has 1 aromatic rings. The molecule has 0 heterocycles. The van der Waals surface area contributed by atoms with Crippen molar-refractivity contribution in [3.05, 3.63) is 34.3 Å². The van der Waals surface area contributed by atoms with E-state index in [0.717, 1.165) is 29.3 Å². The van der Waals surface area contributed by atoms with Crippen LogP contribution in [0.4, 0.5) is 0 Å². The molecule has 1 amide bonds. The maximum Gasteiger partial charge on any atom is 0.311 e. The molecule has 23 heavy (non-hydrogen) atoms. The van der Waals surface area contributed by atoms with E-state index in [1.807, 2.05) is 24.3 Å². The lowest BCUT2D eigenvalue weighted by Crippen LogP contribution is -2.46. The summed E-state index contributed by atoms with van der Waals surface area (Å²) >= 11 is 3.35. The number of carbonyl (C=O) groups excluding carboxylic acids is 2. The summed E-state index contributed by atoms with van der Waals surface area (Å²) in [6.07, 6.45) is 3.94. The van der Waals surface area contributed by atoms with Crippen molar-refractivity contribution in [2.75, 3.05) is 0 Å². The third-order valence-corrected chi connectivity index (χ3v) is 4.91. The van der Waals surface area contributed by atoms with Gasteiger partial charge in [-0.3, -0.25) is 9.59 Å². The molecule has 0 bridgehead atoms. The van der Waals surface area contributed by atoms with Crippen molar-refractivity contribution in [3.8, 4) is 0 Å². The lowest BCUT2D eigenvalue weighted by Gasteiger charge is -2.30. The van der Waals surface area contributed by atoms with Gasteiger partial charge >= 0.3 is 5.97 Å². The van der Waals surface area contributed by atoms with E-state index in [1.54, 1.807) is 6.92 Å². The first kappa shape index (κ1) is 18.0. The fourth-order valence-corrected chi connectivity index (χ4v) is 3.16. The molecule has 5 heteroatoms. The molecule has 1 N–H and O–H groups in total. The third-order valence-electron chi connectivity index (χ3n) is 4.38. The molecule has 0 saturated heterocycles. The average Bonchev–Trinajstić information content (AvgIpc) is 2.51. The van der Waals surface area contributed by atoms with Crippen molar-refractivity contribution >= 4 is 27.8 Å². The van der Waals surface area contributed by atoms with Gasteiger partial charge in [0.1, 0.15) is 0 Å². The lowest BCUT2D eigenvalue weighted by molar-refractivity contribution is -0.154. The summed E-state index contributed by atoms with van der Waals surface area (Å²) in [6, 6.07) is 7.68. The smallest absolute Gasteiger partial charge is 0.311 e. The van der Waals surface area contributed by atoms with Crippen LogP contribution in [0.5, 0.6) is 0 Å². The third kappa shape index (κ3) is 5.65. The van der Waals surface area contributed by atoms with Crippen LogP contribution in [0.1, 0.15) is 45.1 Å². The summed E-state index contributed by atoms with van der Waals surface area (Å²) in [7, 11) is 0. The molecule has 126 valence electrons. The second kappa shape index (κ2) is 8.48. The second-order valence-corrected chi connectivity index (χ2v) is 7.23. The van der Waals surface area contributed by atoms with Gasteiger partial charge in [-0.05, 0) is 43.4 Å². The molecule has 1 aromatic carbocycles. The number of ether oxygens (including phenoxy) is 1. The maximum absolute atomic E-state index is 12.2. The van der Waals surface area contributed by atoms with E-state index in [0.29, 0.717) is 5.92 Å². The van der Waals surface area contributed by atoms with E-state index < -0.39 is 6.10 Å². The standard InChI is InChI=1S/C18H24BrNO3/c1-12-5-3-4-6-16(12)20-18(22)13(2)23-17(21)11-14-7-9-15(19)10-8-14/h7-10,12-13,16H,3-6,11H2,1-2H3,(H,20,22)/t12-,13-,16-/m0/s1. The zero-order valence-electron chi connectivity index (χ0n) is 13.7. The van der Waals surface area contributed by atoms with Crippen LogP contribution >= 0.6 is 15.9 Å². The Morgan fingerprint density at radius 3 is 2.57 bits per heavy atom. The number of nitrogens with one attached hydrogen (secondary N) is 1. The van der Waals surface area contributed by atoms with Crippen LogP contribution < -0.4 is 5.32 Å². The van der Waals surface area contributed by atoms with Crippen molar-refractivity contribution in [2.45, 2.75) is 58.1 Å². The minimum Gasteiger partial charge on any atom is -0.452 e. The molecule has 4 nitrogen and oxygen atoms in total.